The van der Waals surface area contributed by atoms with Gasteiger partial charge >= 0.3 is 0 Å². The number of carbonyl (C=O) groups excluding carboxylic acids is 2. The van der Waals surface area contributed by atoms with E-state index in [0.29, 0.717) is 6.54 Å². The molecule has 0 aromatic heterocycles. The summed E-state index contributed by atoms with van der Waals surface area (Å²) < 4.78 is 0. The van der Waals surface area contributed by atoms with Crippen LogP contribution in [0.2, 0.25) is 0 Å². The Labute approximate surface area is 111 Å². The standard InChI is InChI=1S/C14H28N2O2/c1-7-9-10-16(6)13(18)14(4,5)12(17)15-11(3)8-2/h11H,7-10H2,1-6H3,(H,15,17). The van der Waals surface area contributed by atoms with Crippen LogP contribution in [0.1, 0.15) is 53.9 Å². The number of hydrogen-bond donors (Lipinski definition) is 1. The zero-order valence-electron chi connectivity index (χ0n) is 12.7. The Kier molecular flexibility index (Phi) is 6.96. The van der Waals surface area contributed by atoms with E-state index in [1.54, 1.807) is 25.8 Å². The highest BCUT2D eigenvalue weighted by molar-refractivity contribution is 6.04. The van der Waals surface area contributed by atoms with Gasteiger partial charge in [0.2, 0.25) is 11.8 Å². The maximum Gasteiger partial charge on any atom is 0.237 e. The molecular formula is C14H28N2O2. The quantitative estimate of drug-likeness (QED) is 0.710. The first-order valence-electron chi connectivity index (χ1n) is 6.83. The van der Waals surface area contributed by atoms with Crippen molar-refractivity contribution in [2.24, 2.45) is 5.41 Å². The van der Waals surface area contributed by atoms with E-state index in [9.17, 15) is 9.59 Å². The first kappa shape index (κ1) is 16.9. The Morgan fingerprint density at radius 3 is 2.28 bits per heavy atom. The molecule has 0 aromatic rings. The van der Waals surface area contributed by atoms with Gasteiger partial charge in [0.1, 0.15) is 5.41 Å². The van der Waals surface area contributed by atoms with E-state index in [0.717, 1.165) is 19.3 Å². The fraction of sp³-hybridized carbons (Fsp3) is 0.857. The van der Waals surface area contributed by atoms with Gasteiger partial charge in [0.25, 0.3) is 0 Å². The van der Waals surface area contributed by atoms with E-state index in [4.69, 9.17) is 0 Å². The molecule has 4 heteroatoms. The SMILES string of the molecule is CCCCN(C)C(=O)C(C)(C)C(=O)NC(C)CC. The normalized spacial score (nSPS) is 13.0. The second-order valence-electron chi connectivity index (χ2n) is 5.49. The van der Waals surface area contributed by atoms with Crippen LogP contribution in [0, 0.1) is 5.41 Å². The molecule has 0 bridgehead atoms. The van der Waals surface area contributed by atoms with Crippen molar-refractivity contribution in [2.45, 2.75) is 59.9 Å². The van der Waals surface area contributed by atoms with Crippen molar-refractivity contribution in [3.05, 3.63) is 0 Å². The van der Waals surface area contributed by atoms with Gasteiger partial charge in [0.05, 0.1) is 0 Å². The van der Waals surface area contributed by atoms with Crippen molar-refractivity contribution >= 4 is 11.8 Å². The maximum atomic E-state index is 12.2. The molecule has 106 valence electrons. The highest BCUT2D eigenvalue weighted by Crippen LogP contribution is 2.19. The third-order valence-corrected chi connectivity index (χ3v) is 3.29. The molecule has 0 aliphatic heterocycles. The van der Waals surface area contributed by atoms with E-state index in [1.165, 1.54) is 0 Å². The lowest BCUT2D eigenvalue weighted by Gasteiger charge is -2.29. The molecule has 0 aliphatic carbocycles. The van der Waals surface area contributed by atoms with Gasteiger partial charge < -0.3 is 10.2 Å². The molecule has 0 aromatic carbocycles. The number of amides is 2. The Balaban J connectivity index is 4.59. The Bertz CT molecular complexity index is 288. The predicted molar refractivity (Wildman–Crippen MR) is 74.2 cm³/mol. The van der Waals surface area contributed by atoms with Crippen LogP contribution in [0.4, 0.5) is 0 Å². The van der Waals surface area contributed by atoms with Crippen molar-refractivity contribution in [2.75, 3.05) is 13.6 Å². The summed E-state index contributed by atoms with van der Waals surface area (Å²) >= 11 is 0. The highest BCUT2D eigenvalue weighted by atomic mass is 16.2. The van der Waals surface area contributed by atoms with Gasteiger partial charge in [0.15, 0.2) is 0 Å². The fourth-order valence-corrected chi connectivity index (χ4v) is 1.58. The van der Waals surface area contributed by atoms with Crippen LogP contribution in [0.3, 0.4) is 0 Å². The minimum Gasteiger partial charge on any atom is -0.353 e. The second-order valence-corrected chi connectivity index (χ2v) is 5.49. The summed E-state index contributed by atoms with van der Waals surface area (Å²) in [6.07, 6.45) is 2.87. The third-order valence-electron chi connectivity index (χ3n) is 3.29. The molecular weight excluding hydrogens is 228 g/mol. The lowest BCUT2D eigenvalue weighted by Crippen LogP contribution is -2.50. The van der Waals surface area contributed by atoms with Gasteiger partial charge in [-0.2, -0.15) is 0 Å². The van der Waals surface area contributed by atoms with Crippen molar-refractivity contribution < 1.29 is 9.59 Å². The van der Waals surface area contributed by atoms with Gasteiger partial charge in [-0.15, -0.1) is 0 Å². The largest absolute Gasteiger partial charge is 0.353 e. The van der Waals surface area contributed by atoms with Crippen molar-refractivity contribution in [3.63, 3.8) is 0 Å². The Morgan fingerprint density at radius 2 is 1.83 bits per heavy atom. The van der Waals surface area contributed by atoms with E-state index in [1.807, 2.05) is 13.8 Å². The molecule has 0 rings (SSSR count). The van der Waals surface area contributed by atoms with E-state index in [-0.39, 0.29) is 17.9 Å². The molecule has 0 radical (unpaired) electrons. The Morgan fingerprint density at radius 1 is 1.28 bits per heavy atom. The van der Waals surface area contributed by atoms with Crippen molar-refractivity contribution in [1.29, 1.82) is 0 Å². The molecule has 1 N–H and O–H groups in total. The van der Waals surface area contributed by atoms with Gasteiger partial charge in [-0.1, -0.05) is 20.3 Å². The molecule has 1 atom stereocenters. The molecule has 2 amide bonds. The van der Waals surface area contributed by atoms with Gasteiger partial charge in [-0.05, 0) is 33.6 Å². The number of rotatable bonds is 7. The fourth-order valence-electron chi connectivity index (χ4n) is 1.58. The lowest BCUT2D eigenvalue weighted by molar-refractivity contribution is -0.147. The third kappa shape index (κ3) is 4.67. The monoisotopic (exact) mass is 256 g/mol. The molecule has 0 saturated carbocycles. The average molecular weight is 256 g/mol. The first-order valence-corrected chi connectivity index (χ1v) is 6.83. The number of carbonyl (C=O) groups is 2. The second kappa shape index (κ2) is 7.39. The van der Waals surface area contributed by atoms with Crippen LogP contribution in [0.15, 0.2) is 0 Å². The van der Waals surface area contributed by atoms with Crippen molar-refractivity contribution in [1.82, 2.24) is 10.2 Å². The molecule has 0 aliphatic rings. The summed E-state index contributed by atoms with van der Waals surface area (Å²) in [4.78, 5) is 26.0. The molecule has 1 unspecified atom stereocenters. The average Bonchev–Trinajstić information content (AvgIpc) is 2.34. The lowest BCUT2D eigenvalue weighted by atomic mass is 9.90. The molecule has 0 heterocycles. The van der Waals surface area contributed by atoms with E-state index in [2.05, 4.69) is 12.2 Å². The van der Waals surface area contributed by atoms with Crippen LogP contribution < -0.4 is 5.32 Å². The number of nitrogens with one attached hydrogen (secondary N) is 1. The molecule has 0 spiro atoms. The van der Waals surface area contributed by atoms with Gasteiger partial charge in [-0.3, -0.25) is 9.59 Å². The number of nitrogens with zero attached hydrogens (tertiary/aromatic N) is 1. The smallest absolute Gasteiger partial charge is 0.237 e. The summed E-state index contributed by atoms with van der Waals surface area (Å²) in [6, 6.07) is 0.102. The van der Waals surface area contributed by atoms with Crippen LogP contribution >= 0.6 is 0 Å². The van der Waals surface area contributed by atoms with Crippen molar-refractivity contribution in [3.8, 4) is 0 Å². The summed E-state index contributed by atoms with van der Waals surface area (Å²) in [6.45, 7) is 10.1. The highest BCUT2D eigenvalue weighted by Gasteiger charge is 2.38. The van der Waals surface area contributed by atoms with E-state index >= 15 is 0 Å². The van der Waals surface area contributed by atoms with Gasteiger partial charge in [-0.25, -0.2) is 0 Å². The zero-order valence-corrected chi connectivity index (χ0v) is 12.7. The molecule has 4 nitrogen and oxygen atoms in total. The minimum absolute atomic E-state index is 0.102. The maximum absolute atomic E-state index is 12.2. The van der Waals surface area contributed by atoms with Crippen LogP contribution in [-0.4, -0.2) is 36.3 Å². The minimum atomic E-state index is -0.994. The Hall–Kier alpha value is -1.06. The summed E-state index contributed by atoms with van der Waals surface area (Å²) in [5, 5.41) is 2.88. The molecule has 18 heavy (non-hydrogen) atoms. The molecule has 0 fully saturated rings. The van der Waals surface area contributed by atoms with Crippen LogP contribution in [-0.2, 0) is 9.59 Å². The van der Waals surface area contributed by atoms with Crippen LogP contribution in [0.5, 0.6) is 0 Å². The zero-order chi connectivity index (χ0) is 14.3. The summed E-state index contributed by atoms with van der Waals surface area (Å²) in [5.41, 5.74) is -0.994. The number of hydrogen-bond acceptors (Lipinski definition) is 2. The predicted octanol–water partition coefficient (Wildman–Crippen LogP) is 2.19. The molecule has 0 saturated heterocycles. The van der Waals surface area contributed by atoms with E-state index < -0.39 is 5.41 Å². The topological polar surface area (TPSA) is 49.4 Å². The van der Waals surface area contributed by atoms with Crippen LogP contribution in [0.25, 0.3) is 0 Å². The number of unbranched alkanes of at least 4 members (excludes halogenated alkanes) is 1. The summed E-state index contributed by atoms with van der Waals surface area (Å²) in [7, 11) is 1.76. The summed E-state index contributed by atoms with van der Waals surface area (Å²) in [5.74, 6) is -0.304. The first-order chi connectivity index (χ1) is 8.27. The van der Waals surface area contributed by atoms with Gasteiger partial charge in [0, 0.05) is 19.6 Å².